The average molecular weight is 376 g/mol. The summed E-state index contributed by atoms with van der Waals surface area (Å²) in [5.41, 5.74) is 2.51. The number of nitrogens with one attached hydrogen (secondary N) is 1. The van der Waals surface area contributed by atoms with Gasteiger partial charge in [0.15, 0.2) is 0 Å². The third-order valence-corrected chi connectivity index (χ3v) is 5.21. The van der Waals surface area contributed by atoms with Crippen LogP contribution in [0.2, 0.25) is 0 Å². The first-order valence-corrected chi connectivity index (χ1v) is 9.78. The molecule has 6 heteroatoms. The first-order chi connectivity index (χ1) is 12.8. The Balaban J connectivity index is 1.91. The Bertz CT molecular complexity index is 620. The second-order valence-corrected chi connectivity index (χ2v) is 8.10. The number of carbonyl (C=O) groups excluding carboxylic acids is 1. The zero-order valence-electron chi connectivity index (χ0n) is 16.9. The van der Waals surface area contributed by atoms with Crippen molar-refractivity contribution in [3.63, 3.8) is 0 Å². The van der Waals surface area contributed by atoms with Gasteiger partial charge in [-0.3, -0.25) is 4.79 Å². The summed E-state index contributed by atoms with van der Waals surface area (Å²) in [6.07, 6.45) is 2.12. The van der Waals surface area contributed by atoms with Crippen molar-refractivity contribution in [2.45, 2.75) is 39.2 Å². The van der Waals surface area contributed by atoms with Gasteiger partial charge in [-0.05, 0) is 50.4 Å². The Morgan fingerprint density at radius 1 is 1.19 bits per heavy atom. The number of piperidine rings is 1. The quantitative estimate of drug-likeness (QED) is 0.768. The van der Waals surface area contributed by atoms with Gasteiger partial charge < -0.3 is 20.2 Å². The molecule has 0 bridgehead atoms. The van der Waals surface area contributed by atoms with Crippen LogP contribution >= 0.6 is 0 Å². The molecule has 1 aliphatic heterocycles. The highest BCUT2D eigenvalue weighted by atomic mass is 16.4. The monoisotopic (exact) mass is 375 g/mol. The Labute approximate surface area is 162 Å². The van der Waals surface area contributed by atoms with Gasteiger partial charge in [-0.1, -0.05) is 38.1 Å². The fraction of sp³-hybridized carbons (Fsp3) is 0.619. The number of benzene rings is 1. The van der Waals surface area contributed by atoms with E-state index in [-0.39, 0.29) is 18.0 Å². The van der Waals surface area contributed by atoms with E-state index in [2.05, 4.69) is 48.3 Å². The van der Waals surface area contributed by atoms with E-state index in [4.69, 9.17) is 5.11 Å². The summed E-state index contributed by atoms with van der Waals surface area (Å²) >= 11 is 0. The van der Waals surface area contributed by atoms with Crippen LogP contribution in [-0.4, -0.2) is 60.6 Å². The number of carboxylic acids is 1. The van der Waals surface area contributed by atoms with Crippen molar-refractivity contribution in [2.75, 3.05) is 33.7 Å². The lowest BCUT2D eigenvalue weighted by Crippen LogP contribution is -2.47. The molecule has 1 aromatic carbocycles. The molecule has 2 rings (SSSR count). The van der Waals surface area contributed by atoms with Crippen LogP contribution in [0, 0.1) is 11.8 Å². The third-order valence-electron chi connectivity index (χ3n) is 5.21. The van der Waals surface area contributed by atoms with E-state index in [1.807, 2.05) is 14.1 Å². The first-order valence-electron chi connectivity index (χ1n) is 9.78. The predicted octanol–water partition coefficient (Wildman–Crippen LogP) is 2.99. The molecule has 27 heavy (non-hydrogen) atoms. The van der Waals surface area contributed by atoms with Crippen molar-refractivity contribution in [3.8, 4) is 0 Å². The summed E-state index contributed by atoms with van der Waals surface area (Å²) in [5.74, 6) is -0.457. The summed E-state index contributed by atoms with van der Waals surface area (Å²) in [6, 6.07) is 8.62. The van der Waals surface area contributed by atoms with Gasteiger partial charge in [0, 0.05) is 19.6 Å². The third kappa shape index (κ3) is 6.24. The number of carboxylic acid groups (broad SMARTS) is 1. The number of carbonyl (C=O) groups is 2. The molecule has 0 spiro atoms. The molecule has 1 heterocycles. The highest BCUT2D eigenvalue weighted by Crippen LogP contribution is 2.20. The molecule has 1 aromatic rings. The van der Waals surface area contributed by atoms with Gasteiger partial charge in [-0.15, -0.1) is 0 Å². The van der Waals surface area contributed by atoms with Crippen molar-refractivity contribution in [3.05, 3.63) is 35.4 Å². The Morgan fingerprint density at radius 2 is 1.78 bits per heavy atom. The van der Waals surface area contributed by atoms with Crippen LogP contribution in [0.25, 0.3) is 0 Å². The van der Waals surface area contributed by atoms with E-state index < -0.39 is 5.97 Å². The number of amides is 2. The standard InChI is InChI=1S/C21H33N3O3/c1-15(2)13-16-5-7-17(8-6-16)19(23(3)4)14-22-21(27)24-11-9-18(10-12-24)20(25)26/h5-8,15,18-19H,9-14H2,1-4H3,(H,22,27)(H,25,26). The number of aliphatic carboxylic acids is 1. The number of rotatable bonds is 7. The van der Waals surface area contributed by atoms with E-state index >= 15 is 0 Å². The van der Waals surface area contributed by atoms with Crippen molar-refractivity contribution >= 4 is 12.0 Å². The van der Waals surface area contributed by atoms with Crippen LogP contribution in [0.1, 0.15) is 43.9 Å². The van der Waals surface area contributed by atoms with E-state index in [0.29, 0.717) is 38.4 Å². The van der Waals surface area contributed by atoms with Gasteiger partial charge in [0.1, 0.15) is 0 Å². The highest BCUT2D eigenvalue weighted by Gasteiger charge is 2.27. The summed E-state index contributed by atoms with van der Waals surface area (Å²) < 4.78 is 0. The topological polar surface area (TPSA) is 72.9 Å². The Kier molecular flexibility index (Phi) is 7.66. The maximum atomic E-state index is 12.5. The summed E-state index contributed by atoms with van der Waals surface area (Å²) in [6.45, 7) is 5.95. The molecule has 1 saturated heterocycles. The molecular weight excluding hydrogens is 342 g/mol. The largest absolute Gasteiger partial charge is 0.481 e. The van der Waals surface area contributed by atoms with Crippen molar-refractivity contribution in [2.24, 2.45) is 11.8 Å². The normalized spacial score (nSPS) is 16.6. The van der Waals surface area contributed by atoms with Crippen LogP contribution in [0.3, 0.4) is 0 Å². The molecule has 0 saturated carbocycles. The summed E-state index contributed by atoms with van der Waals surface area (Å²) in [7, 11) is 4.02. The maximum Gasteiger partial charge on any atom is 0.317 e. The van der Waals surface area contributed by atoms with Crippen LogP contribution in [0.5, 0.6) is 0 Å². The second kappa shape index (κ2) is 9.74. The number of urea groups is 1. The highest BCUT2D eigenvalue weighted by molar-refractivity contribution is 5.75. The van der Waals surface area contributed by atoms with Gasteiger partial charge in [0.2, 0.25) is 0 Å². The molecule has 0 aromatic heterocycles. The average Bonchev–Trinajstić information content (AvgIpc) is 2.62. The van der Waals surface area contributed by atoms with Crippen molar-refractivity contribution in [1.29, 1.82) is 0 Å². The lowest BCUT2D eigenvalue weighted by molar-refractivity contribution is -0.143. The maximum absolute atomic E-state index is 12.5. The molecule has 1 atom stereocenters. The van der Waals surface area contributed by atoms with Gasteiger partial charge in [-0.25, -0.2) is 4.79 Å². The molecule has 2 amide bonds. The molecule has 1 aliphatic rings. The summed E-state index contributed by atoms with van der Waals surface area (Å²) in [4.78, 5) is 27.3. The Morgan fingerprint density at radius 3 is 2.26 bits per heavy atom. The van der Waals surface area contributed by atoms with E-state index in [0.717, 1.165) is 6.42 Å². The molecular formula is C21H33N3O3. The lowest BCUT2D eigenvalue weighted by Gasteiger charge is -2.31. The number of likely N-dealkylation sites (tertiary alicyclic amines) is 1. The fourth-order valence-electron chi connectivity index (χ4n) is 3.57. The number of hydrogen-bond acceptors (Lipinski definition) is 3. The number of nitrogens with zero attached hydrogens (tertiary/aromatic N) is 2. The van der Waals surface area contributed by atoms with Crippen LogP contribution in [0.15, 0.2) is 24.3 Å². The zero-order valence-corrected chi connectivity index (χ0v) is 16.9. The minimum absolute atomic E-state index is 0.0959. The van der Waals surface area contributed by atoms with Gasteiger partial charge in [0.25, 0.3) is 0 Å². The van der Waals surface area contributed by atoms with E-state index in [1.54, 1.807) is 4.90 Å². The first kappa shape index (κ1) is 21.2. The number of hydrogen-bond donors (Lipinski definition) is 2. The van der Waals surface area contributed by atoms with E-state index in [1.165, 1.54) is 11.1 Å². The molecule has 0 radical (unpaired) electrons. The summed E-state index contributed by atoms with van der Waals surface area (Å²) in [5, 5.41) is 12.1. The van der Waals surface area contributed by atoms with Gasteiger partial charge in [-0.2, -0.15) is 0 Å². The molecule has 2 N–H and O–H groups in total. The van der Waals surface area contributed by atoms with Crippen molar-refractivity contribution in [1.82, 2.24) is 15.1 Å². The molecule has 150 valence electrons. The number of likely N-dealkylation sites (N-methyl/N-ethyl adjacent to an activating group) is 1. The zero-order chi connectivity index (χ0) is 20.0. The molecule has 0 aliphatic carbocycles. The SMILES string of the molecule is CC(C)Cc1ccc(C(CNC(=O)N2CCC(C(=O)O)CC2)N(C)C)cc1. The Hall–Kier alpha value is -2.08. The fourth-order valence-corrected chi connectivity index (χ4v) is 3.57. The van der Waals surface area contributed by atoms with E-state index in [9.17, 15) is 9.59 Å². The molecule has 6 nitrogen and oxygen atoms in total. The molecule has 1 fully saturated rings. The second-order valence-electron chi connectivity index (χ2n) is 8.10. The van der Waals surface area contributed by atoms with Crippen molar-refractivity contribution < 1.29 is 14.7 Å². The van der Waals surface area contributed by atoms with Crippen LogP contribution < -0.4 is 5.32 Å². The lowest BCUT2D eigenvalue weighted by atomic mass is 9.97. The van der Waals surface area contributed by atoms with Crippen LogP contribution in [0.4, 0.5) is 4.79 Å². The minimum atomic E-state index is -0.761. The smallest absolute Gasteiger partial charge is 0.317 e. The van der Waals surface area contributed by atoms with Gasteiger partial charge in [0.05, 0.1) is 12.0 Å². The molecule has 1 unspecified atom stereocenters. The predicted molar refractivity (Wildman–Crippen MR) is 107 cm³/mol. The minimum Gasteiger partial charge on any atom is -0.481 e. The van der Waals surface area contributed by atoms with Crippen LogP contribution in [-0.2, 0) is 11.2 Å². The van der Waals surface area contributed by atoms with Gasteiger partial charge >= 0.3 is 12.0 Å².